The molecule has 8 heteroatoms. The van der Waals surface area contributed by atoms with E-state index in [-0.39, 0.29) is 12.2 Å². The first-order valence-corrected chi connectivity index (χ1v) is 6.00. The number of benzene rings is 1. The molecule has 1 aromatic carbocycles. The van der Waals surface area contributed by atoms with Gasteiger partial charge >= 0.3 is 12.1 Å². The Labute approximate surface area is 115 Å². The highest BCUT2D eigenvalue weighted by atomic mass is 79.9. The van der Waals surface area contributed by atoms with E-state index in [1.54, 1.807) is 0 Å². The van der Waals surface area contributed by atoms with Gasteiger partial charge in [0.05, 0.1) is 18.1 Å². The molecular formula is C11H11BrF3NO3. The number of alkyl halides is 3. The largest absolute Gasteiger partial charge is 0.481 e. The molecule has 3 N–H and O–H groups in total. The maximum absolute atomic E-state index is 12.5. The van der Waals surface area contributed by atoms with Gasteiger partial charge in [-0.15, -0.1) is 0 Å². The predicted molar refractivity (Wildman–Crippen MR) is 65.9 cm³/mol. The van der Waals surface area contributed by atoms with Crippen LogP contribution in [-0.4, -0.2) is 28.8 Å². The van der Waals surface area contributed by atoms with Gasteiger partial charge < -0.3 is 15.5 Å². The van der Waals surface area contributed by atoms with Crippen LogP contribution in [0.25, 0.3) is 0 Å². The van der Waals surface area contributed by atoms with Crippen molar-refractivity contribution in [2.24, 2.45) is 0 Å². The summed E-state index contributed by atoms with van der Waals surface area (Å²) < 4.78 is 37.9. The quantitative estimate of drug-likeness (QED) is 0.770. The molecule has 0 saturated heterocycles. The molecule has 19 heavy (non-hydrogen) atoms. The number of hydrogen-bond donors (Lipinski definition) is 3. The molecule has 1 rings (SSSR count). The minimum atomic E-state index is -4.46. The molecule has 1 atom stereocenters. The van der Waals surface area contributed by atoms with Gasteiger partial charge in [-0.25, -0.2) is 0 Å². The van der Waals surface area contributed by atoms with E-state index in [4.69, 9.17) is 5.11 Å². The van der Waals surface area contributed by atoms with E-state index in [9.17, 15) is 23.1 Å². The van der Waals surface area contributed by atoms with Crippen molar-refractivity contribution in [2.45, 2.75) is 18.7 Å². The van der Waals surface area contributed by atoms with Crippen LogP contribution in [0.4, 0.5) is 18.9 Å². The zero-order valence-electron chi connectivity index (χ0n) is 9.54. The molecule has 0 fully saturated rings. The maximum Gasteiger partial charge on any atom is 0.416 e. The first-order chi connectivity index (χ1) is 8.70. The molecule has 0 radical (unpaired) electrons. The second kappa shape index (κ2) is 6.25. The monoisotopic (exact) mass is 341 g/mol. The lowest BCUT2D eigenvalue weighted by Crippen LogP contribution is -2.23. The van der Waals surface area contributed by atoms with Crippen LogP contribution >= 0.6 is 15.9 Å². The number of hydrogen-bond acceptors (Lipinski definition) is 3. The van der Waals surface area contributed by atoms with Crippen molar-refractivity contribution < 1.29 is 28.2 Å². The Balaban J connectivity index is 2.75. The normalized spacial score (nSPS) is 13.1. The van der Waals surface area contributed by atoms with Gasteiger partial charge in [-0.05, 0) is 34.1 Å². The highest BCUT2D eigenvalue weighted by Gasteiger charge is 2.30. The Hall–Kier alpha value is -1.28. The van der Waals surface area contributed by atoms with Gasteiger partial charge in [-0.3, -0.25) is 4.79 Å². The number of halogens is 4. The summed E-state index contributed by atoms with van der Waals surface area (Å²) in [6.07, 6.45) is -6.13. The van der Waals surface area contributed by atoms with Crippen LogP contribution in [-0.2, 0) is 11.0 Å². The number of aliphatic hydroxyl groups excluding tert-OH is 1. The molecule has 0 saturated carbocycles. The van der Waals surface area contributed by atoms with Crippen LogP contribution in [0, 0.1) is 0 Å². The molecular weight excluding hydrogens is 331 g/mol. The lowest BCUT2D eigenvalue weighted by Gasteiger charge is -2.14. The van der Waals surface area contributed by atoms with Crippen LogP contribution < -0.4 is 5.32 Å². The SMILES string of the molecule is O=C(O)CC(O)CNc1cc(C(F)(F)F)ccc1Br. The minimum Gasteiger partial charge on any atom is -0.481 e. The van der Waals surface area contributed by atoms with Crippen LogP contribution in [0.3, 0.4) is 0 Å². The first-order valence-electron chi connectivity index (χ1n) is 5.20. The summed E-state index contributed by atoms with van der Waals surface area (Å²) in [5, 5.41) is 20.3. The molecule has 0 bridgehead atoms. The number of aliphatic hydroxyl groups is 1. The lowest BCUT2D eigenvalue weighted by atomic mass is 10.2. The zero-order valence-corrected chi connectivity index (χ0v) is 11.1. The van der Waals surface area contributed by atoms with E-state index in [0.717, 1.165) is 12.1 Å². The van der Waals surface area contributed by atoms with E-state index in [2.05, 4.69) is 21.2 Å². The fraction of sp³-hybridized carbons (Fsp3) is 0.364. The van der Waals surface area contributed by atoms with Crippen molar-refractivity contribution in [3.63, 3.8) is 0 Å². The first kappa shape index (κ1) is 15.8. The predicted octanol–water partition coefficient (Wildman–Crippen LogP) is 2.72. The van der Waals surface area contributed by atoms with Crippen molar-refractivity contribution in [2.75, 3.05) is 11.9 Å². The molecule has 1 aromatic rings. The average Bonchev–Trinajstić information content (AvgIpc) is 2.25. The smallest absolute Gasteiger partial charge is 0.416 e. The van der Waals surface area contributed by atoms with Crippen LogP contribution in [0.15, 0.2) is 22.7 Å². The standard InChI is InChI=1S/C11H11BrF3NO3/c12-8-2-1-6(11(13,14)15)3-9(8)16-5-7(17)4-10(18)19/h1-3,7,16-17H,4-5H2,(H,18,19). The summed E-state index contributed by atoms with van der Waals surface area (Å²) in [6.45, 7) is -0.161. The molecule has 0 aromatic heterocycles. The Morgan fingerprint density at radius 1 is 1.42 bits per heavy atom. The summed E-state index contributed by atoms with van der Waals surface area (Å²) in [5.74, 6) is -1.18. The van der Waals surface area contributed by atoms with Crippen molar-refractivity contribution in [1.82, 2.24) is 0 Å². The Morgan fingerprint density at radius 2 is 2.05 bits per heavy atom. The van der Waals surface area contributed by atoms with Gasteiger partial charge in [0.15, 0.2) is 0 Å². The number of carboxylic acid groups (broad SMARTS) is 1. The molecule has 1 unspecified atom stereocenters. The fourth-order valence-corrected chi connectivity index (χ4v) is 1.73. The summed E-state index contributed by atoms with van der Waals surface area (Å²) in [7, 11) is 0. The minimum absolute atomic E-state index is 0.138. The summed E-state index contributed by atoms with van der Waals surface area (Å²) in [4.78, 5) is 10.3. The topological polar surface area (TPSA) is 69.6 Å². The summed E-state index contributed by atoms with van der Waals surface area (Å²) in [5.41, 5.74) is -0.690. The van der Waals surface area contributed by atoms with Crippen molar-refractivity contribution in [3.05, 3.63) is 28.2 Å². The van der Waals surface area contributed by atoms with Gasteiger partial charge in [0.2, 0.25) is 0 Å². The third-order valence-electron chi connectivity index (χ3n) is 2.23. The molecule has 0 aliphatic carbocycles. The van der Waals surface area contributed by atoms with Gasteiger partial charge in [-0.2, -0.15) is 13.2 Å². The second-order valence-corrected chi connectivity index (χ2v) is 4.68. The van der Waals surface area contributed by atoms with E-state index in [0.29, 0.717) is 4.47 Å². The summed E-state index contributed by atoms with van der Waals surface area (Å²) >= 11 is 3.07. The third kappa shape index (κ3) is 5.07. The Morgan fingerprint density at radius 3 is 2.58 bits per heavy atom. The van der Waals surface area contributed by atoms with Crippen LogP contribution in [0.5, 0.6) is 0 Å². The Bertz CT molecular complexity index is 465. The highest BCUT2D eigenvalue weighted by Crippen LogP contribution is 2.33. The number of rotatable bonds is 5. The number of aliphatic carboxylic acids is 1. The van der Waals surface area contributed by atoms with Crippen LogP contribution in [0.2, 0.25) is 0 Å². The molecule has 0 aliphatic heterocycles. The average molecular weight is 342 g/mol. The Kier molecular flexibility index (Phi) is 5.19. The van der Waals surface area contributed by atoms with Gasteiger partial charge in [0.25, 0.3) is 0 Å². The number of carboxylic acids is 1. The van der Waals surface area contributed by atoms with E-state index in [1.807, 2.05) is 0 Å². The molecule has 4 nitrogen and oxygen atoms in total. The third-order valence-corrected chi connectivity index (χ3v) is 2.92. The van der Waals surface area contributed by atoms with E-state index < -0.39 is 30.2 Å². The van der Waals surface area contributed by atoms with Crippen molar-refractivity contribution in [3.8, 4) is 0 Å². The van der Waals surface area contributed by atoms with Crippen molar-refractivity contribution >= 4 is 27.6 Å². The van der Waals surface area contributed by atoms with E-state index in [1.165, 1.54) is 6.07 Å². The maximum atomic E-state index is 12.5. The van der Waals surface area contributed by atoms with E-state index >= 15 is 0 Å². The zero-order chi connectivity index (χ0) is 14.6. The van der Waals surface area contributed by atoms with Crippen LogP contribution in [0.1, 0.15) is 12.0 Å². The molecule has 0 aliphatic rings. The second-order valence-electron chi connectivity index (χ2n) is 3.82. The number of carbonyl (C=O) groups is 1. The lowest BCUT2D eigenvalue weighted by molar-refractivity contribution is -0.139. The number of nitrogens with one attached hydrogen (secondary N) is 1. The highest BCUT2D eigenvalue weighted by molar-refractivity contribution is 9.10. The molecule has 0 heterocycles. The van der Waals surface area contributed by atoms with Crippen molar-refractivity contribution in [1.29, 1.82) is 0 Å². The fourth-order valence-electron chi connectivity index (χ4n) is 1.34. The number of anilines is 1. The molecule has 0 spiro atoms. The summed E-state index contributed by atoms with van der Waals surface area (Å²) in [6, 6.07) is 3.04. The van der Waals surface area contributed by atoms with Gasteiger partial charge in [0.1, 0.15) is 0 Å². The molecule has 106 valence electrons. The van der Waals surface area contributed by atoms with Gasteiger partial charge in [0, 0.05) is 16.7 Å². The van der Waals surface area contributed by atoms with Gasteiger partial charge in [-0.1, -0.05) is 0 Å². The molecule has 0 amide bonds.